The highest BCUT2D eigenvalue weighted by Crippen LogP contribution is 2.47. The van der Waals surface area contributed by atoms with E-state index < -0.39 is 5.54 Å². The fraction of sp³-hybridized carbons (Fsp3) is 0.452. The van der Waals surface area contributed by atoms with Gasteiger partial charge in [-0.3, -0.25) is 19.5 Å². The Morgan fingerprint density at radius 2 is 1.73 bits per heavy atom. The van der Waals surface area contributed by atoms with Gasteiger partial charge in [-0.15, -0.1) is 0 Å². The van der Waals surface area contributed by atoms with Crippen molar-refractivity contribution in [3.8, 4) is 11.1 Å². The highest BCUT2D eigenvalue weighted by atomic mass is 16.3. The molecule has 3 heterocycles. The SMILES string of the molecule is CC1(C(=O)N2CCC(CN3C(=O)C4(CCCC4)N=C3c3ccc(-c4ccc5occc5c4)cc3)C2)CC1. The number of benzene rings is 2. The number of nitrogens with zero attached hydrogens (tertiary/aromatic N) is 3. The zero-order valence-corrected chi connectivity index (χ0v) is 21.4. The second kappa shape index (κ2) is 8.30. The Labute approximate surface area is 217 Å². The van der Waals surface area contributed by atoms with E-state index in [-0.39, 0.29) is 17.2 Å². The second-order valence-corrected chi connectivity index (χ2v) is 11.8. The third kappa shape index (κ3) is 3.80. The molecule has 2 aromatic carbocycles. The zero-order valence-electron chi connectivity index (χ0n) is 21.4. The molecule has 0 N–H and O–H groups in total. The lowest BCUT2D eigenvalue weighted by molar-refractivity contribution is -0.135. The number of furan rings is 1. The van der Waals surface area contributed by atoms with Gasteiger partial charge in [-0.25, -0.2) is 0 Å². The highest BCUT2D eigenvalue weighted by Gasteiger charge is 2.51. The smallest absolute Gasteiger partial charge is 0.256 e. The Bertz CT molecular complexity index is 1410. The molecule has 3 fully saturated rings. The third-order valence-corrected chi connectivity index (χ3v) is 9.11. The van der Waals surface area contributed by atoms with E-state index in [9.17, 15) is 9.59 Å². The number of fused-ring (bicyclic) bond motifs is 1. The number of amidine groups is 1. The van der Waals surface area contributed by atoms with Crippen LogP contribution in [0.25, 0.3) is 22.1 Å². The summed E-state index contributed by atoms with van der Waals surface area (Å²) in [5, 5.41) is 1.08. The number of rotatable bonds is 5. The topological polar surface area (TPSA) is 66.1 Å². The Hall–Kier alpha value is -3.41. The largest absolute Gasteiger partial charge is 0.464 e. The van der Waals surface area contributed by atoms with Gasteiger partial charge >= 0.3 is 0 Å². The first-order valence-corrected chi connectivity index (χ1v) is 13.7. The molecule has 0 bridgehead atoms. The Morgan fingerprint density at radius 3 is 2.49 bits per heavy atom. The maximum absolute atomic E-state index is 13.8. The van der Waals surface area contributed by atoms with Crippen LogP contribution in [0.3, 0.4) is 0 Å². The van der Waals surface area contributed by atoms with E-state index in [1.807, 2.05) is 21.9 Å². The fourth-order valence-electron chi connectivity index (χ4n) is 6.50. The quantitative estimate of drug-likeness (QED) is 0.459. The van der Waals surface area contributed by atoms with Crippen molar-refractivity contribution in [2.45, 2.75) is 57.4 Å². The molecule has 37 heavy (non-hydrogen) atoms. The molecule has 1 spiro atoms. The number of amides is 2. The van der Waals surface area contributed by atoms with E-state index in [4.69, 9.17) is 9.41 Å². The molecule has 2 saturated carbocycles. The van der Waals surface area contributed by atoms with Gasteiger partial charge < -0.3 is 9.32 Å². The van der Waals surface area contributed by atoms with Gasteiger partial charge in [-0.05, 0) is 67.3 Å². The van der Waals surface area contributed by atoms with E-state index in [1.54, 1.807) is 6.26 Å². The predicted molar refractivity (Wildman–Crippen MR) is 143 cm³/mol. The molecule has 1 atom stereocenters. The van der Waals surface area contributed by atoms with E-state index in [0.29, 0.717) is 12.5 Å². The standard InChI is InChI=1S/C31H33N3O3/c1-30(14-15-30)28(35)33-16-10-21(19-33)20-34-27(32-31(29(34)36)12-2-3-13-31)23-6-4-22(5-7-23)24-8-9-26-25(18-24)11-17-37-26/h4-9,11,17-18,21H,2-3,10,12-16,19-20H2,1H3. The Balaban J connectivity index is 1.14. The van der Waals surface area contributed by atoms with Crippen LogP contribution in [-0.4, -0.2) is 52.6 Å². The first kappa shape index (κ1) is 22.8. The summed E-state index contributed by atoms with van der Waals surface area (Å²) in [6.45, 7) is 4.26. The minimum atomic E-state index is -0.587. The third-order valence-electron chi connectivity index (χ3n) is 9.11. The fourth-order valence-corrected chi connectivity index (χ4v) is 6.50. The van der Waals surface area contributed by atoms with Crippen LogP contribution in [0, 0.1) is 11.3 Å². The molecular weight excluding hydrogens is 462 g/mol. The lowest BCUT2D eigenvalue weighted by atomic mass is 9.97. The number of carbonyl (C=O) groups is 2. The van der Waals surface area contributed by atoms with Gasteiger partial charge in [0.15, 0.2) is 0 Å². The molecule has 2 aliphatic heterocycles. The maximum atomic E-state index is 13.8. The maximum Gasteiger partial charge on any atom is 0.256 e. The average molecular weight is 496 g/mol. The molecule has 0 radical (unpaired) electrons. The predicted octanol–water partition coefficient (Wildman–Crippen LogP) is 5.65. The van der Waals surface area contributed by atoms with E-state index in [1.165, 1.54) is 0 Å². The van der Waals surface area contributed by atoms with Crippen molar-refractivity contribution < 1.29 is 14.0 Å². The summed E-state index contributed by atoms with van der Waals surface area (Å²) in [5.41, 5.74) is 3.40. The second-order valence-electron chi connectivity index (χ2n) is 11.8. The Morgan fingerprint density at radius 1 is 1.00 bits per heavy atom. The minimum absolute atomic E-state index is 0.136. The van der Waals surface area contributed by atoms with Crippen molar-refractivity contribution in [2.24, 2.45) is 16.3 Å². The molecule has 3 aromatic rings. The van der Waals surface area contributed by atoms with Crippen LogP contribution in [-0.2, 0) is 9.59 Å². The van der Waals surface area contributed by atoms with Crippen LogP contribution in [0.5, 0.6) is 0 Å². The molecule has 2 amide bonds. The molecule has 190 valence electrons. The van der Waals surface area contributed by atoms with Crippen LogP contribution in [0.15, 0.2) is 64.2 Å². The van der Waals surface area contributed by atoms with Gasteiger partial charge in [-0.2, -0.15) is 0 Å². The summed E-state index contributed by atoms with van der Waals surface area (Å²) >= 11 is 0. The van der Waals surface area contributed by atoms with Gasteiger partial charge in [0.25, 0.3) is 5.91 Å². The van der Waals surface area contributed by atoms with E-state index in [2.05, 4.69) is 43.3 Å². The van der Waals surface area contributed by atoms with E-state index in [0.717, 1.165) is 91.5 Å². The van der Waals surface area contributed by atoms with Gasteiger partial charge in [0.2, 0.25) is 5.91 Å². The van der Waals surface area contributed by atoms with Crippen LogP contribution < -0.4 is 0 Å². The molecule has 1 aromatic heterocycles. The molecule has 2 aliphatic carbocycles. The molecule has 4 aliphatic rings. The van der Waals surface area contributed by atoms with Crippen LogP contribution in [0.2, 0.25) is 0 Å². The van der Waals surface area contributed by atoms with Gasteiger partial charge in [0.05, 0.1) is 6.26 Å². The van der Waals surface area contributed by atoms with Crippen molar-refractivity contribution in [1.82, 2.24) is 9.80 Å². The molecule has 6 nitrogen and oxygen atoms in total. The van der Waals surface area contributed by atoms with Gasteiger partial charge in [0, 0.05) is 36.0 Å². The molecule has 1 saturated heterocycles. The lowest BCUT2D eigenvalue weighted by Crippen LogP contribution is -2.44. The molecular formula is C31H33N3O3. The number of aliphatic imine (C=N–C) groups is 1. The summed E-state index contributed by atoms with van der Waals surface area (Å²) in [4.78, 5) is 35.8. The minimum Gasteiger partial charge on any atom is -0.464 e. The van der Waals surface area contributed by atoms with Crippen LogP contribution >= 0.6 is 0 Å². The van der Waals surface area contributed by atoms with Gasteiger partial charge in [-0.1, -0.05) is 50.1 Å². The summed E-state index contributed by atoms with van der Waals surface area (Å²) in [5.74, 6) is 1.56. The molecule has 7 rings (SSSR count). The van der Waals surface area contributed by atoms with Crippen molar-refractivity contribution in [2.75, 3.05) is 19.6 Å². The molecule has 1 unspecified atom stereocenters. The molecule has 6 heteroatoms. The number of likely N-dealkylation sites (tertiary alicyclic amines) is 1. The van der Waals surface area contributed by atoms with Crippen molar-refractivity contribution in [3.05, 3.63) is 60.4 Å². The number of carbonyl (C=O) groups excluding carboxylic acids is 2. The van der Waals surface area contributed by atoms with Crippen LogP contribution in [0.1, 0.15) is 57.4 Å². The average Bonchev–Trinajstić information content (AvgIpc) is 3.40. The summed E-state index contributed by atoms with van der Waals surface area (Å²) in [6.07, 6.45) is 8.44. The Kier molecular flexibility index (Phi) is 5.11. The monoisotopic (exact) mass is 495 g/mol. The summed E-state index contributed by atoms with van der Waals surface area (Å²) in [7, 11) is 0. The summed E-state index contributed by atoms with van der Waals surface area (Å²) in [6, 6.07) is 16.6. The first-order valence-electron chi connectivity index (χ1n) is 13.7. The first-order chi connectivity index (χ1) is 17.9. The zero-order chi connectivity index (χ0) is 25.2. The normalized spacial score (nSPS) is 23.9. The number of hydrogen-bond acceptors (Lipinski definition) is 4. The van der Waals surface area contributed by atoms with Gasteiger partial charge in [0.1, 0.15) is 17.0 Å². The van der Waals surface area contributed by atoms with Crippen LogP contribution in [0.4, 0.5) is 0 Å². The van der Waals surface area contributed by atoms with Crippen molar-refractivity contribution in [3.63, 3.8) is 0 Å². The summed E-state index contributed by atoms with van der Waals surface area (Å²) < 4.78 is 5.48. The van der Waals surface area contributed by atoms with Crippen molar-refractivity contribution in [1.29, 1.82) is 0 Å². The van der Waals surface area contributed by atoms with E-state index >= 15 is 0 Å². The lowest BCUT2D eigenvalue weighted by Gasteiger charge is -2.26. The highest BCUT2D eigenvalue weighted by molar-refractivity contribution is 6.15. The van der Waals surface area contributed by atoms with Crippen molar-refractivity contribution >= 4 is 28.6 Å². The number of hydrogen-bond donors (Lipinski definition) is 0.